The minimum absolute atomic E-state index is 0.0475. The van der Waals surface area contributed by atoms with E-state index in [4.69, 9.17) is 4.98 Å². The first-order valence-corrected chi connectivity index (χ1v) is 15.3. The fourth-order valence-electron chi connectivity index (χ4n) is 6.63. The molecule has 1 fully saturated rings. The summed E-state index contributed by atoms with van der Waals surface area (Å²) in [6, 6.07) is 9.33. The van der Waals surface area contributed by atoms with E-state index < -0.39 is 17.3 Å². The molecule has 2 bridgehead atoms. The first kappa shape index (κ1) is 29.5. The molecule has 2 aliphatic heterocycles. The molecular formula is C34H32F2N8O2. The van der Waals surface area contributed by atoms with E-state index in [-0.39, 0.29) is 46.0 Å². The zero-order valence-corrected chi connectivity index (χ0v) is 25.7. The van der Waals surface area contributed by atoms with Crippen molar-refractivity contribution in [2.24, 2.45) is 0 Å². The van der Waals surface area contributed by atoms with Crippen LogP contribution >= 0.6 is 0 Å². The summed E-state index contributed by atoms with van der Waals surface area (Å²) in [5, 5.41) is 4.89. The molecule has 1 aromatic carbocycles. The monoisotopic (exact) mass is 622 g/mol. The highest BCUT2D eigenvalue weighted by atomic mass is 19.1. The van der Waals surface area contributed by atoms with Gasteiger partial charge in [-0.2, -0.15) is 10.1 Å². The number of hydrogen-bond donors (Lipinski definition) is 0. The smallest absolute Gasteiger partial charge is 0.350 e. The number of benzene rings is 1. The molecule has 6 heterocycles. The van der Waals surface area contributed by atoms with Gasteiger partial charge in [-0.1, -0.05) is 32.6 Å². The molecule has 12 heteroatoms. The Morgan fingerprint density at radius 2 is 1.89 bits per heavy atom. The van der Waals surface area contributed by atoms with Crippen molar-refractivity contribution < 1.29 is 13.6 Å². The van der Waals surface area contributed by atoms with Crippen molar-refractivity contribution in [1.82, 2.24) is 34.2 Å². The topological polar surface area (TPSA) is 102 Å². The third kappa shape index (κ3) is 4.67. The number of amides is 1. The van der Waals surface area contributed by atoms with Crippen LogP contribution in [0.2, 0.25) is 0 Å². The minimum atomic E-state index is -0.738. The van der Waals surface area contributed by atoms with Crippen LogP contribution in [0.3, 0.4) is 0 Å². The maximum absolute atomic E-state index is 16.3. The highest BCUT2D eigenvalue weighted by Gasteiger charge is 2.32. The number of aromatic nitrogens is 6. The molecule has 0 unspecified atom stereocenters. The number of nitrogens with zero attached hydrogens (tertiary/aromatic N) is 8. The maximum atomic E-state index is 16.3. The van der Waals surface area contributed by atoms with E-state index in [0.717, 1.165) is 5.69 Å². The van der Waals surface area contributed by atoms with Crippen molar-refractivity contribution in [1.29, 1.82) is 0 Å². The Morgan fingerprint density at radius 1 is 1.07 bits per heavy atom. The fourth-order valence-corrected chi connectivity index (χ4v) is 6.63. The van der Waals surface area contributed by atoms with Crippen LogP contribution in [0.4, 0.5) is 14.6 Å². The van der Waals surface area contributed by atoms with Crippen molar-refractivity contribution in [3.63, 3.8) is 0 Å². The highest BCUT2D eigenvalue weighted by molar-refractivity contribution is 5.91. The third-order valence-corrected chi connectivity index (χ3v) is 8.83. The third-order valence-electron chi connectivity index (χ3n) is 8.83. The van der Waals surface area contributed by atoms with E-state index in [9.17, 15) is 9.59 Å². The van der Waals surface area contributed by atoms with Gasteiger partial charge in [0, 0.05) is 49.3 Å². The predicted molar refractivity (Wildman–Crippen MR) is 170 cm³/mol. The molecule has 4 aromatic heterocycles. The molecule has 46 heavy (non-hydrogen) atoms. The number of halogens is 2. The Bertz CT molecular complexity index is 2100. The lowest BCUT2D eigenvalue weighted by Gasteiger charge is -2.40. The molecule has 5 aromatic rings. The zero-order valence-electron chi connectivity index (χ0n) is 25.7. The van der Waals surface area contributed by atoms with Gasteiger partial charge in [-0.15, -0.1) is 0 Å². The van der Waals surface area contributed by atoms with Crippen molar-refractivity contribution >= 4 is 22.8 Å². The number of piperazine rings is 1. The number of hydrogen-bond acceptors (Lipinski definition) is 7. The average molecular weight is 623 g/mol. The molecule has 1 atom stereocenters. The van der Waals surface area contributed by atoms with Gasteiger partial charge in [0.25, 0.3) is 0 Å². The van der Waals surface area contributed by atoms with Crippen LogP contribution in [0.15, 0.2) is 66.2 Å². The van der Waals surface area contributed by atoms with Gasteiger partial charge >= 0.3 is 5.69 Å². The second-order valence-corrected chi connectivity index (χ2v) is 12.0. The van der Waals surface area contributed by atoms with Gasteiger partial charge in [-0.25, -0.2) is 27.8 Å². The molecule has 1 amide bonds. The van der Waals surface area contributed by atoms with E-state index in [1.165, 1.54) is 22.8 Å². The van der Waals surface area contributed by atoms with E-state index >= 15 is 8.78 Å². The molecular weight excluding hydrogens is 590 g/mol. The zero-order chi connectivity index (χ0) is 32.3. The molecule has 1 saturated heterocycles. The van der Waals surface area contributed by atoms with Gasteiger partial charge in [-0.3, -0.25) is 9.78 Å². The van der Waals surface area contributed by atoms with Gasteiger partial charge in [0.15, 0.2) is 5.65 Å². The normalized spacial score (nSPS) is 16.1. The van der Waals surface area contributed by atoms with Crippen molar-refractivity contribution in [2.75, 3.05) is 24.5 Å². The van der Waals surface area contributed by atoms with Gasteiger partial charge < -0.3 is 9.80 Å². The first-order chi connectivity index (χ1) is 22.2. The van der Waals surface area contributed by atoms with Gasteiger partial charge in [0.1, 0.15) is 23.1 Å². The van der Waals surface area contributed by atoms with Crippen LogP contribution in [0.1, 0.15) is 43.6 Å². The van der Waals surface area contributed by atoms with Crippen LogP contribution in [-0.4, -0.2) is 65.8 Å². The molecule has 0 spiro atoms. The summed E-state index contributed by atoms with van der Waals surface area (Å²) >= 11 is 0. The number of carbonyl (C=O) groups is 1. The van der Waals surface area contributed by atoms with Crippen LogP contribution in [0, 0.1) is 11.6 Å². The molecule has 0 radical (unpaired) electrons. The van der Waals surface area contributed by atoms with E-state index in [1.807, 2.05) is 31.7 Å². The van der Waals surface area contributed by atoms with Crippen LogP contribution in [0.5, 0.6) is 0 Å². The van der Waals surface area contributed by atoms with Crippen LogP contribution < -0.4 is 10.6 Å². The van der Waals surface area contributed by atoms with Crippen molar-refractivity contribution in [3.8, 4) is 22.6 Å². The van der Waals surface area contributed by atoms with Crippen molar-refractivity contribution in [2.45, 2.75) is 45.6 Å². The highest BCUT2D eigenvalue weighted by Crippen LogP contribution is 2.37. The number of aryl methyl sites for hydroxylation is 2. The number of fused-ring (bicyclic) bond motifs is 7. The minimum Gasteiger partial charge on any atom is -0.350 e. The first-order valence-electron chi connectivity index (χ1n) is 15.3. The Morgan fingerprint density at radius 3 is 2.65 bits per heavy atom. The number of carbonyl (C=O) groups excluding carboxylic acids is 1. The molecule has 7 rings (SSSR count). The second-order valence-electron chi connectivity index (χ2n) is 12.0. The quantitative estimate of drug-likeness (QED) is 0.268. The molecule has 0 saturated carbocycles. The summed E-state index contributed by atoms with van der Waals surface area (Å²) in [6.45, 7) is 10.5. The van der Waals surface area contributed by atoms with Gasteiger partial charge in [0.2, 0.25) is 5.91 Å². The standard InChI is InChI=1S/C34H32F2N8O2/c1-5-27(45)41-15-16-42(20(4)18-41)32-23-17-25(36)30-28-21(7-6-8-24(28)35)9-10-22-11-14-38-44(22)26-12-13-37-29(19(2)3)31(26)43(33(23)39-30)34(46)40-32/h5-8,11-14,17,19-20H,1,9-10,15-16,18H2,2-4H3/t20-/m0/s1. The lowest BCUT2D eigenvalue weighted by Crippen LogP contribution is -2.54. The largest absolute Gasteiger partial charge is 0.355 e. The maximum Gasteiger partial charge on any atom is 0.355 e. The Balaban J connectivity index is 1.59. The Labute approximate surface area is 263 Å². The summed E-state index contributed by atoms with van der Waals surface area (Å²) < 4.78 is 35.1. The summed E-state index contributed by atoms with van der Waals surface area (Å²) in [6.07, 6.45) is 5.49. The predicted octanol–water partition coefficient (Wildman–Crippen LogP) is 4.75. The van der Waals surface area contributed by atoms with Crippen molar-refractivity contribution in [3.05, 3.63) is 101 Å². The van der Waals surface area contributed by atoms with Crippen LogP contribution in [0.25, 0.3) is 33.7 Å². The number of rotatable bonds is 3. The second kappa shape index (κ2) is 11.3. The average Bonchev–Trinajstić information content (AvgIpc) is 3.51. The molecule has 2 aliphatic rings. The van der Waals surface area contributed by atoms with E-state index in [2.05, 4.69) is 21.6 Å². The lowest BCUT2D eigenvalue weighted by atomic mass is 9.97. The summed E-state index contributed by atoms with van der Waals surface area (Å²) in [7, 11) is 0. The van der Waals surface area contributed by atoms with Gasteiger partial charge in [-0.05, 0) is 61.6 Å². The van der Waals surface area contributed by atoms with Crippen LogP contribution in [-0.2, 0) is 17.6 Å². The molecule has 0 N–H and O–H groups in total. The summed E-state index contributed by atoms with van der Waals surface area (Å²) in [5.41, 5.74) is 2.33. The lowest BCUT2D eigenvalue weighted by molar-refractivity contribution is -0.126. The Hall–Kier alpha value is -5.26. The number of anilines is 1. The van der Waals surface area contributed by atoms with E-state index in [1.54, 1.807) is 40.2 Å². The summed E-state index contributed by atoms with van der Waals surface area (Å²) in [4.78, 5) is 44.3. The molecule has 234 valence electrons. The van der Waals surface area contributed by atoms with Gasteiger partial charge in [0.05, 0.1) is 22.5 Å². The number of pyridine rings is 2. The Kier molecular flexibility index (Phi) is 7.22. The van der Waals surface area contributed by atoms with E-state index in [0.29, 0.717) is 55.1 Å². The molecule has 10 nitrogen and oxygen atoms in total. The SMILES string of the molecule is C=CC(=O)N1CCN(c2nc(=O)n3c4nc(c(F)cc24)-c2c(F)cccc2CCc2ccnn2-c2ccnc(C(C)C)c2-3)[C@@H](C)C1. The fraction of sp³-hybridized carbons (Fsp3) is 0.294. The molecule has 0 aliphatic carbocycles. The summed E-state index contributed by atoms with van der Waals surface area (Å²) in [5.74, 6) is -1.43.